The molecular formula is C13H18N4O3S. The summed E-state index contributed by atoms with van der Waals surface area (Å²) in [6.45, 7) is 3.30. The van der Waals surface area contributed by atoms with E-state index in [1.165, 1.54) is 0 Å². The molecule has 8 heteroatoms. The standard InChI is InChI=1S/C13H18N4O3S/c1-9-14-13(20-15-9)10-3-2-4-16(5-10)11(18)6-17-8-21-7-12(17)19/h10H,2-8H2,1H3. The third-order valence-corrected chi connectivity index (χ3v) is 4.76. The van der Waals surface area contributed by atoms with Crippen LogP contribution in [-0.2, 0) is 9.59 Å². The van der Waals surface area contributed by atoms with Crippen molar-refractivity contribution < 1.29 is 14.1 Å². The van der Waals surface area contributed by atoms with Gasteiger partial charge in [0.25, 0.3) is 0 Å². The molecular weight excluding hydrogens is 292 g/mol. The monoisotopic (exact) mass is 310 g/mol. The number of carbonyl (C=O) groups is 2. The van der Waals surface area contributed by atoms with Crippen LogP contribution in [0.5, 0.6) is 0 Å². The summed E-state index contributed by atoms with van der Waals surface area (Å²) in [6, 6.07) is 0. The van der Waals surface area contributed by atoms with E-state index in [2.05, 4.69) is 10.1 Å². The molecule has 1 aromatic heterocycles. The average molecular weight is 310 g/mol. The molecule has 3 heterocycles. The number of nitrogens with zero attached hydrogens (tertiary/aromatic N) is 4. The maximum absolute atomic E-state index is 12.3. The zero-order valence-electron chi connectivity index (χ0n) is 11.9. The van der Waals surface area contributed by atoms with Crippen LogP contribution in [0.25, 0.3) is 0 Å². The van der Waals surface area contributed by atoms with Crippen molar-refractivity contribution in [1.82, 2.24) is 19.9 Å². The highest BCUT2D eigenvalue weighted by molar-refractivity contribution is 8.00. The Bertz CT molecular complexity index is 547. The number of piperidine rings is 1. The summed E-state index contributed by atoms with van der Waals surface area (Å²) in [5.41, 5.74) is 0. The predicted octanol–water partition coefficient (Wildman–Crippen LogP) is 0.617. The molecule has 1 unspecified atom stereocenters. The second-order valence-corrected chi connectivity index (χ2v) is 6.38. The Balaban J connectivity index is 1.60. The lowest BCUT2D eigenvalue weighted by atomic mass is 9.98. The summed E-state index contributed by atoms with van der Waals surface area (Å²) in [4.78, 5) is 31.6. The second kappa shape index (κ2) is 6.05. The summed E-state index contributed by atoms with van der Waals surface area (Å²) >= 11 is 1.55. The van der Waals surface area contributed by atoms with Crippen molar-refractivity contribution in [1.29, 1.82) is 0 Å². The van der Waals surface area contributed by atoms with E-state index in [0.717, 1.165) is 19.4 Å². The molecule has 0 bridgehead atoms. The lowest BCUT2D eigenvalue weighted by molar-refractivity contribution is -0.138. The van der Waals surface area contributed by atoms with E-state index in [-0.39, 0.29) is 24.3 Å². The van der Waals surface area contributed by atoms with Crippen molar-refractivity contribution in [2.75, 3.05) is 31.3 Å². The van der Waals surface area contributed by atoms with Crippen molar-refractivity contribution in [2.24, 2.45) is 0 Å². The molecule has 0 spiro atoms. The number of thioether (sulfide) groups is 1. The predicted molar refractivity (Wildman–Crippen MR) is 76.6 cm³/mol. The first kappa shape index (κ1) is 14.4. The summed E-state index contributed by atoms with van der Waals surface area (Å²) in [6.07, 6.45) is 1.87. The number of rotatable bonds is 3. The Morgan fingerprint density at radius 1 is 1.52 bits per heavy atom. The van der Waals surface area contributed by atoms with Gasteiger partial charge >= 0.3 is 0 Å². The van der Waals surface area contributed by atoms with Crippen molar-refractivity contribution >= 4 is 23.6 Å². The molecule has 0 radical (unpaired) electrons. The van der Waals surface area contributed by atoms with E-state index >= 15 is 0 Å². The lowest BCUT2D eigenvalue weighted by Crippen LogP contribution is -2.45. The van der Waals surface area contributed by atoms with Crippen molar-refractivity contribution in [2.45, 2.75) is 25.7 Å². The number of carbonyl (C=O) groups excluding carboxylic acids is 2. The highest BCUT2D eigenvalue weighted by atomic mass is 32.2. The molecule has 3 rings (SSSR count). The smallest absolute Gasteiger partial charge is 0.242 e. The molecule has 2 saturated heterocycles. The highest BCUT2D eigenvalue weighted by Crippen LogP contribution is 2.26. The SMILES string of the molecule is Cc1noc(C2CCCN(C(=O)CN3CSCC3=O)C2)n1. The molecule has 21 heavy (non-hydrogen) atoms. The van der Waals surface area contributed by atoms with Crippen molar-refractivity contribution in [3.8, 4) is 0 Å². The fraction of sp³-hybridized carbons (Fsp3) is 0.692. The summed E-state index contributed by atoms with van der Waals surface area (Å²) in [5, 5.41) is 3.81. The van der Waals surface area contributed by atoms with E-state index in [9.17, 15) is 9.59 Å². The van der Waals surface area contributed by atoms with Crippen LogP contribution >= 0.6 is 11.8 Å². The maximum atomic E-state index is 12.3. The molecule has 0 aromatic carbocycles. The van der Waals surface area contributed by atoms with E-state index in [4.69, 9.17) is 4.52 Å². The Labute approximate surface area is 127 Å². The summed E-state index contributed by atoms with van der Waals surface area (Å²) in [7, 11) is 0. The normalized spacial score (nSPS) is 22.9. The molecule has 2 aliphatic rings. The molecule has 0 aliphatic carbocycles. The Kier molecular flexibility index (Phi) is 4.14. The molecule has 1 atom stereocenters. The Morgan fingerprint density at radius 3 is 3.05 bits per heavy atom. The van der Waals surface area contributed by atoms with E-state index < -0.39 is 0 Å². The zero-order valence-corrected chi connectivity index (χ0v) is 12.8. The third-order valence-electron chi connectivity index (χ3n) is 3.82. The van der Waals surface area contributed by atoms with Gasteiger partial charge in [-0.1, -0.05) is 5.16 Å². The highest BCUT2D eigenvalue weighted by Gasteiger charge is 2.30. The fourth-order valence-corrected chi connectivity index (χ4v) is 3.59. The number of hydrogen-bond acceptors (Lipinski definition) is 6. The molecule has 114 valence electrons. The van der Waals surface area contributed by atoms with E-state index in [0.29, 0.717) is 29.9 Å². The van der Waals surface area contributed by atoms with Crippen molar-refractivity contribution in [3.05, 3.63) is 11.7 Å². The minimum absolute atomic E-state index is 0.00628. The first-order chi connectivity index (χ1) is 10.1. The largest absolute Gasteiger partial charge is 0.340 e. The Morgan fingerprint density at radius 2 is 2.38 bits per heavy atom. The first-order valence-corrected chi connectivity index (χ1v) is 8.22. The fourth-order valence-electron chi connectivity index (χ4n) is 2.69. The molecule has 0 N–H and O–H groups in total. The van der Waals surface area contributed by atoms with Crippen LogP contribution in [0.3, 0.4) is 0 Å². The van der Waals surface area contributed by atoms with Crippen LogP contribution in [0.15, 0.2) is 4.52 Å². The number of hydrogen-bond donors (Lipinski definition) is 0. The maximum Gasteiger partial charge on any atom is 0.242 e. The van der Waals surface area contributed by atoms with Crippen LogP contribution < -0.4 is 0 Å². The van der Waals surface area contributed by atoms with Gasteiger partial charge in [-0.2, -0.15) is 4.98 Å². The summed E-state index contributed by atoms with van der Waals surface area (Å²) < 4.78 is 5.22. The second-order valence-electron chi connectivity index (χ2n) is 5.43. The van der Waals surface area contributed by atoms with Crippen molar-refractivity contribution in [3.63, 3.8) is 0 Å². The quantitative estimate of drug-likeness (QED) is 0.814. The third kappa shape index (κ3) is 3.20. The van der Waals surface area contributed by atoms with Gasteiger partial charge in [-0.15, -0.1) is 11.8 Å². The molecule has 2 amide bonds. The van der Waals surface area contributed by atoms with Gasteiger partial charge in [0.1, 0.15) is 6.54 Å². The van der Waals surface area contributed by atoms with Gasteiger partial charge in [0.05, 0.1) is 17.5 Å². The van der Waals surface area contributed by atoms with Crippen LogP contribution in [0.2, 0.25) is 0 Å². The van der Waals surface area contributed by atoms with Gasteiger partial charge in [-0.05, 0) is 19.8 Å². The molecule has 0 saturated carbocycles. The van der Waals surface area contributed by atoms with Gasteiger partial charge in [0.2, 0.25) is 17.7 Å². The summed E-state index contributed by atoms with van der Waals surface area (Å²) in [5.74, 6) is 2.49. The van der Waals surface area contributed by atoms with Gasteiger partial charge in [0.15, 0.2) is 5.82 Å². The van der Waals surface area contributed by atoms with E-state index in [1.807, 2.05) is 4.90 Å². The van der Waals surface area contributed by atoms with Crippen LogP contribution in [-0.4, -0.2) is 63.0 Å². The van der Waals surface area contributed by atoms with Gasteiger partial charge < -0.3 is 14.3 Å². The number of aryl methyl sites for hydroxylation is 1. The van der Waals surface area contributed by atoms with Gasteiger partial charge in [0, 0.05) is 13.1 Å². The topological polar surface area (TPSA) is 79.5 Å². The number of amides is 2. The minimum Gasteiger partial charge on any atom is -0.340 e. The molecule has 2 fully saturated rings. The van der Waals surface area contributed by atoms with Gasteiger partial charge in [-0.25, -0.2) is 0 Å². The van der Waals surface area contributed by atoms with Crippen LogP contribution in [0.4, 0.5) is 0 Å². The number of aromatic nitrogens is 2. The number of likely N-dealkylation sites (tertiary alicyclic amines) is 1. The van der Waals surface area contributed by atoms with Crippen LogP contribution in [0.1, 0.15) is 30.5 Å². The zero-order chi connectivity index (χ0) is 14.8. The molecule has 1 aromatic rings. The molecule has 7 nitrogen and oxygen atoms in total. The Hall–Kier alpha value is -1.57. The average Bonchev–Trinajstić information content (AvgIpc) is 3.08. The lowest BCUT2D eigenvalue weighted by Gasteiger charge is -2.32. The van der Waals surface area contributed by atoms with E-state index in [1.54, 1.807) is 23.6 Å². The molecule has 2 aliphatic heterocycles. The first-order valence-electron chi connectivity index (χ1n) is 7.07. The minimum atomic E-state index is 0.00628. The van der Waals surface area contributed by atoms with Gasteiger partial charge in [-0.3, -0.25) is 9.59 Å². The van der Waals surface area contributed by atoms with Crippen LogP contribution in [0, 0.1) is 6.92 Å².